The number of aryl methyl sites for hydroxylation is 1. The first-order valence-electron chi connectivity index (χ1n) is 10.9. The molecule has 1 heterocycles. The zero-order valence-corrected chi connectivity index (χ0v) is 20.3. The molecule has 34 heavy (non-hydrogen) atoms. The Labute approximate surface area is 203 Å². The van der Waals surface area contributed by atoms with Crippen molar-refractivity contribution in [1.29, 1.82) is 0 Å². The highest BCUT2D eigenvalue weighted by molar-refractivity contribution is 7.46. The van der Waals surface area contributed by atoms with Crippen LogP contribution in [0.4, 0.5) is 5.69 Å². The number of thiophene rings is 1. The van der Waals surface area contributed by atoms with Crippen LogP contribution < -0.4 is 15.8 Å². The summed E-state index contributed by atoms with van der Waals surface area (Å²) < 4.78 is 21.2. The first-order chi connectivity index (χ1) is 16.3. The number of nitrogens with one attached hydrogen (secondary N) is 1. The Hall–Kier alpha value is -2.52. The third-order valence-electron chi connectivity index (χ3n) is 5.05. The van der Waals surface area contributed by atoms with Gasteiger partial charge < -0.3 is 25.6 Å². The lowest BCUT2D eigenvalue weighted by Crippen LogP contribution is -2.39. The summed E-state index contributed by atoms with van der Waals surface area (Å²) >= 11 is 1.56. The molecular weight excluding hydrogens is 475 g/mol. The van der Waals surface area contributed by atoms with E-state index in [1.807, 2.05) is 22.9 Å². The van der Waals surface area contributed by atoms with E-state index >= 15 is 0 Å². The highest BCUT2D eigenvalue weighted by Crippen LogP contribution is 2.36. The van der Waals surface area contributed by atoms with Gasteiger partial charge in [0.25, 0.3) is 0 Å². The maximum absolute atomic E-state index is 12.3. The fourth-order valence-electron chi connectivity index (χ4n) is 3.30. The van der Waals surface area contributed by atoms with Gasteiger partial charge in [0.15, 0.2) is 0 Å². The molecule has 0 radical (unpaired) electrons. The molecule has 3 aromatic rings. The Bertz CT molecular complexity index is 1090. The third kappa shape index (κ3) is 8.68. The van der Waals surface area contributed by atoms with E-state index in [0.717, 1.165) is 36.8 Å². The number of carbonyl (C=O) groups is 1. The van der Waals surface area contributed by atoms with Crippen LogP contribution in [-0.4, -0.2) is 34.9 Å². The van der Waals surface area contributed by atoms with Crippen LogP contribution in [0, 0.1) is 0 Å². The monoisotopic (exact) mass is 504 g/mol. The fourth-order valence-corrected chi connectivity index (χ4v) is 4.31. The standard InChI is InChI=1S/C24H29N2O6PS/c25-22(16-32-33(28,29)30)24(27)26-20-10-11-23(21(15-20)19-12-14-34-17-19)31-13-6-2-5-9-18-7-3-1-4-8-18/h1,3-4,7-8,10-12,14-15,17,22H,2,5-6,9,13,16,25H2,(H,26,27)(H2,28,29,30). The van der Waals surface area contributed by atoms with Crippen LogP contribution in [0.5, 0.6) is 5.75 Å². The summed E-state index contributed by atoms with van der Waals surface area (Å²) in [6.45, 7) is -0.0127. The van der Waals surface area contributed by atoms with Crippen LogP contribution >= 0.6 is 19.2 Å². The van der Waals surface area contributed by atoms with Crippen LogP contribution in [0.25, 0.3) is 11.1 Å². The number of anilines is 1. The van der Waals surface area contributed by atoms with Gasteiger partial charge in [0.2, 0.25) is 5.91 Å². The number of nitrogens with two attached hydrogens (primary N) is 1. The van der Waals surface area contributed by atoms with Crippen molar-refractivity contribution >= 4 is 30.8 Å². The van der Waals surface area contributed by atoms with Crippen molar-refractivity contribution in [2.45, 2.75) is 31.7 Å². The number of amides is 1. The molecule has 0 aliphatic carbocycles. The molecule has 1 unspecified atom stereocenters. The predicted molar refractivity (Wildman–Crippen MR) is 134 cm³/mol. The summed E-state index contributed by atoms with van der Waals surface area (Å²) in [6.07, 6.45) is 4.15. The second-order valence-corrected chi connectivity index (χ2v) is 9.77. The minimum Gasteiger partial charge on any atom is -0.493 e. The fraction of sp³-hybridized carbons (Fsp3) is 0.292. The van der Waals surface area contributed by atoms with Crippen LogP contribution in [0.2, 0.25) is 0 Å². The van der Waals surface area contributed by atoms with E-state index in [0.29, 0.717) is 18.0 Å². The number of ether oxygens (including phenoxy) is 1. The first kappa shape index (κ1) is 26.1. The molecule has 5 N–H and O–H groups in total. The summed E-state index contributed by atoms with van der Waals surface area (Å²) in [5.41, 5.74) is 9.31. The molecule has 0 aliphatic heterocycles. The lowest BCUT2D eigenvalue weighted by atomic mass is 10.1. The number of unbranched alkanes of at least 4 members (excludes halogenated alkanes) is 2. The molecule has 0 aliphatic rings. The van der Waals surface area contributed by atoms with Gasteiger partial charge in [0, 0.05) is 11.3 Å². The molecule has 0 spiro atoms. The van der Waals surface area contributed by atoms with Crippen molar-refractivity contribution in [1.82, 2.24) is 0 Å². The van der Waals surface area contributed by atoms with Gasteiger partial charge in [-0.3, -0.25) is 9.32 Å². The van der Waals surface area contributed by atoms with E-state index in [2.05, 4.69) is 34.1 Å². The third-order valence-corrected chi connectivity index (χ3v) is 6.22. The van der Waals surface area contributed by atoms with Crippen molar-refractivity contribution in [3.8, 4) is 16.9 Å². The van der Waals surface area contributed by atoms with Gasteiger partial charge in [-0.1, -0.05) is 30.3 Å². The zero-order chi connectivity index (χ0) is 24.4. The summed E-state index contributed by atoms with van der Waals surface area (Å²) in [7, 11) is -4.70. The van der Waals surface area contributed by atoms with Crippen LogP contribution in [-0.2, 0) is 20.3 Å². The highest BCUT2D eigenvalue weighted by atomic mass is 32.1. The van der Waals surface area contributed by atoms with Gasteiger partial charge in [0.05, 0.1) is 13.2 Å². The van der Waals surface area contributed by atoms with Gasteiger partial charge in [-0.25, -0.2) is 4.57 Å². The van der Waals surface area contributed by atoms with Crippen LogP contribution in [0.3, 0.4) is 0 Å². The average molecular weight is 505 g/mol. The van der Waals surface area contributed by atoms with E-state index in [9.17, 15) is 9.36 Å². The second kappa shape index (κ2) is 12.8. The Morgan fingerprint density at radius 1 is 1.09 bits per heavy atom. The predicted octanol–water partition coefficient (Wildman–Crippen LogP) is 4.58. The number of hydrogen-bond donors (Lipinski definition) is 4. The average Bonchev–Trinajstić information content (AvgIpc) is 3.35. The maximum Gasteiger partial charge on any atom is 0.469 e. The number of hydrogen-bond acceptors (Lipinski definition) is 6. The van der Waals surface area contributed by atoms with Crippen molar-refractivity contribution in [3.63, 3.8) is 0 Å². The minimum absolute atomic E-state index is 0.494. The lowest BCUT2D eigenvalue weighted by Gasteiger charge is -2.15. The van der Waals surface area contributed by atoms with Crippen molar-refractivity contribution in [2.75, 3.05) is 18.5 Å². The quantitative estimate of drug-likeness (QED) is 0.198. The Balaban J connectivity index is 1.55. The normalized spacial score (nSPS) is 12.3. The molecule has 182 valence electrons. The second-order valence-electron chi connectivity index (χ2n) is 7.75. The number of benzene rings is 2. The van der Waals surface area contributed by atoms with E-state index in [4.69, 9.17) is 20.3 Å². The molecule has 0 bridgehead atoms. The van der Waals surface area contributed by atoms with Crippen molar-refractivity contribution in [2.24, 2.45) is 5.73 Å². The summed E-state index contributed by atoms with van der Waals surface area (Å²) in [5, 5.41) is 6.61. The molecule has 0 fully saturated rings. The summed E-state index contributed by atoms with van der Waals surface area (Å²) in [6, 6.07) is 16.4. The van der Waals surface area contributed by atoms with Crippen molar-refractivity contribution in [3.05, 3.63) is 70.9 Å². The SMILES string of the molecule is NC(COP(=O)(O)O)C(=O)Nc1ccc(OCCCCCc2ccccc2)c(-c2ccsc2)c1. The maximum atomic E-state index is 12.3. The van der Waals surface area contributed by atoms with Gasteiger partial charge in [-0.15, -0.1) is 0 Å². The molecule has 2 aromatic carbocycles. The first-order valence-corrected chi connectivity index (χ1v) is 13.4. The molecule has 0 saturated carbocycles. The molecule has 8 nitrogen and oxygen atoms in total. The number of phosphoric acid groups is 1. The smallest absolute Gasteiger partial charge is 0.469 e. The highest BCUT2D eigenvalue weighted by Gasteiger charge is 2.21. The molecule has 3 rings (SSSR count). The Kier molecular flexibility index (Phi) is 9.83. The summed E-state index contributed by atoms with van der Waals surface area (Å²) in [5.74, 6) is 0.102. The Morgan fingerprint density at radius 2 is 1.88 bits per heavy atom. The van der Waals surface area contributed by atoms with Gasteiger partial charge in [0.1, 0.15) is 11.8 Å². The number of carbonyl (C=O) groups excluding carboxylic acids is 1. The van der Waals surface area contributed by atoms with E-state index in [1.165, 1.54) is 5.56 Å². The van der Waals surface area contributed by atoms with Crippen molar-refractivity contribution < 1.29 is 28.4 Å². The molecule has 1 atom stereocenters. The van der Waals surface area contributed by atoms with Gasteiger partial charge >= 0.3 is 7.82 Å². The molecule has 1 amide bonds. The topological polar surface area (TPSA) is 131 Å². The molecule has 0 saturated heterocycles. The van der Waals surface area contributed by atoms with Crippen LogP contribution in [0.15, 0.2) is 65.4 Å². The largest absolute Gasteiger partial charge is 0.493 e. The molecular formula is C24H29N2O6PS. The lowest BCUT2D eigenvalue weighted by molar-refractivity contribution is -0.118. The zero-order valence-electron chi connectivity index (χ0n) is 18.6. The molecule has 1 aromatic heterocycles. The van der Waals surface area contributed by atoms with E-state index < -0.39 is 26.4 Å². The van der Waals surface area contributed by atoms with E-state index in [-0.39, 0.29) is 0 Å². The number of phosphoric ester groups is 1. The Morgan fingerprint density at radius 3 is 2.59 bits per heavy atom. The van der Waals surface area contributed by atoms with E-state index in [1.54, 1.807) is 29.5 Å². The van der Waals surface area contributed by atoms with Crippen LogP contribution in [0.1, 0.15) is 24.8 Å². The van der Waals surface area contributed by atoms with Gasteiger partial charge in [-0.2, -0.15) is 11.3 Å². The molecule has 10 heteroatoms. The van der Waals surface area contributed by atoms with Gasteiger partial charge in [-0.05, 0) is 71.8 Å². The summed E-state index contributed by atoms with van der Waals surface area (Å²) in [4.78, 5) is 29.8. The number of rotatable bonds is 13. The minimum atomic E-state index is -4.70.